The zero-order chi connectivity index (χ0) is 24.8. The minimum Gasteiger partial charge on any atom is -0.496 e. The number of rotatable bonds is 5. The fraction of sp³-hybridized carbons (Fsp3) is 0.273. The van der Waals surface area contributed by atoms with Gasteiger partial charge in [0.05, 0.1) is 35.9 Å². The molecule has 11 heteroatoms. The first kappa shape index (κ1) is 21.4. The normalized spacial score (nSPS) is 18.9. The van der Waals surface area contributed by atoms with Crippen molar-refractivity contribution in [1.82, 2.24) is 15.5 Å². The van der Waals surface area contributed by atoms with Gasteiger partial charge in [0.25, 0.3) is 0 Å². The topological polar surface area (TPSA) is 126 Å². The summed E-state index contributed by atoms with van der Waals surface area (Å²) in [5.74, 6) is -2.69. The number of nitrogens with two attached hydrogens (primary N) is 1. The molecule has 4 N–H and O–H groups in total. The number of hydrogen-bond donors (Lipinski definition) is 3. The highest BCUT2D eigenvalue weighted by atomic mass is 32.2. The van der Waals surface area contributed by atoms with Gasteiger partial charge in [0.2, 0.25) is 5.79 Å². The number of hydrogen-bond acceptors (Lipinski definition) is 8. The Morgan fingerprint density at radius 2 is 2.09 bits per heavy atom. The zero-order valence-electron chi connectivity index (χ0n) is 19.6. The molecule has 174 valence electrons. The molecule has 0 bridgehead atoms. The minimum atomic E-state index is -3.65. The van der Waals surface area contributed by atoms with Crippen molar-refractivity contribution in [2.45, 2.75) is 24.5 Å². The molecule has 3 aromatic rings. The lowest BCUT2D eigenvalue weighted by Gasteiger charge is -2.34. The average Bonchev–Trinajstić information content (AvgIpc) is 3.19. The molecular weight excluding hydrogens is 447 g/mol. The molecule has 0 amide bonds. The molecule has 33 heavy (non-hydrogen) atoms. The van der Waals surface area contributed by atoms with E-state index in [0.29, 0.717) is 5.69 Å². The number of likely N-dealkylation sites (N-methyl/N-ethyl adjacent to an activating group) is 1. The van der Waals surface area contributed by atoms with Crippen molar-refractivity contribution in [3.63, 3.8) is 0 Å². The summed E-state index contributed by atoms with van der Waals surface area (Å²) in [6.07, 6.45) is 1.06. The Hall–Kier alpha value is -3.44. The van der Waals surface area contributed by atoms with Crippen LogP contribution in [0.15, 0.2) is 58.3 Å². The van der Waals surface area contributed by atoms with E-state index in [-0.39, 0.29) is 33.8 Å². The average molecular weight is 474 g/mol. The lowest BCUT2D eigenvalue weighted by molar-refractivity contribution is 0.354. The van der Waals surface area contributed by atoms with Crippen molar-refractivity contribution in [2.75, 3.05) is 24.8 Å². The Morgan fingerprint density at radius 1 is 1.33 bits per heavy atom. The maximum atomic E-state index is 14.9. The van der Waals surface area contributed by atoms with Crippen molar-refractivity contribution in [3.05, 3.63) is 59.7 Å². The van der Waals surface area contributed by atoms with Crippen LogP contribution < -0.4 is 20.7 Å². The van der Waals surface area contributed by atoms with Gasteiger partial charge in [-0.25, -0.2) is 17.8 Å². The highest BCUT2D eigenvalue weighted by Crippen LogP contribution is 2.34. The van der Waals surface area contributed by atoms with Gasteiger partial charge in [0.15, 0.2) is 21.5 Å². The Bertz CT molecular complexity index is 1450. The van der Waals surface area contributed by atoms with Crippen molar-refractivity contribution >= 4 is 32.3 Å². The molecule has 0 radical (unpaired) electrons. The van der Waals surface area contributed by atoms with Crippen LogP contribution in [-0.2, 0) is 15.6 Å². The van der Waals surface area contributed by atoms with Crippen LogP contribution in [0.1, 0.15) is 19.6 Å². The van der Waals surface area contributed by atoms with Gasteiger partial charge in [-0.3, -0.25) is 10.8 Å². The molecule has 0 saturated carbocycles. The lowest BCUT2D eigenvalue weighted by Crippen LogP contribution is -2.51. The molecule has 9 nitrogen and oxygen atoms in total. The number of amidine groups is 1. The van der Waals surface area contributed by atoms with Crippen LogP contribution in [0.25, 0.3) is 10.9 Å². The number of H-pyrrole nitrogens is 1. The van der Waals surface area contributed by atoms with Crippen LogP contribution in [0.4, 0.5) is 10.1 Å². The SMILES string of the molecule is [2H]c1cc(S(=O)(=O)CC)cc(C2(N)N=C(N(C)c3ccc4c(C)n[nH]c4c3)C(F)=CN2)c1OC. The number of aromatic amines is 1. The van der Waals surface area contributed by atoms with Gasteiger partial charge < -0.3 is 15.0 Å². The summed E-state index contributed by atoms with van der Waals surface area (Å²) in [4.78, 5) is 5.83. The van der Waals surface area contributed by atoms with Gasteiger partial charge in [-0.15, -0.1) is 0 Å². The second-order valence-corrected chi connectivity index (χ2v) is 9.90. The number of nitrogens with zero attached hydrogens (tertiary/aromatic N) is 3. The molecule has 1 aromatic heterocycles. The third kappa shape index (κ3) is 3.93. The molecule has 0 aliphatic carbocycles. The molecule has 0 spiro atoms. The second kappa shape index (κ2) is 8.16. The van der Waals surface area contributed by atoms with E-state index < -0.39 is 21.5 Å². The molecule has 0 fully saturated rings. The summed E-state index contributed by atoms with van der Waals surface area (Å²) >= 11 is 0. The van der Waals surface area contributed by atoms with Crippen molar-refractivity contribution in [1.29, 1.82) is 0 Å². The highest BCUT2D eigenvalue weighted by Gasteiger charge is 2.36. The highest BCUT2D eigenvalue weighted by molar-refractivity contribution is 7.91. The van der Waals surface area contributed by atoms with Crippen LogP contribution in [0.2, 0.25) is 0 Å². The first-order valence-electron chi connectivity index (χ1n) is 10.6. The smallest absolute Gasteiger partial charge is 0.214 e. The third-order valence-corrected chi connectivity index (χ3v) is 7.30. The number of aliphatic imine (C=N–C) groups is 1. The monoisotopic (exact) mass is 473 g/mol. The number of anilines is 1. The molecule has 0 saturated heterocycles. The number of methoxy groups -OCH3 is 1. The number of nitrogens with one attached hydrogen (secondary N) is 2. The fourth-order valence-electron chi connectivity index (χ4n) is 3.60. The first-order chi connectivity index (χ1) is 16.0. The van der Waals surface area contributed by atoms with E-state index in [1.807, 2.05) is 19.1 Å². The lowest BCUT2D eigenvalue weighted by atomic mass is 10.1. The summed E-state index contributed by atoms with van der Waals surface area (Å²) in [6, 6.07) is 7.80. The van der Waals surface area contributed by atoms with Crippen LogP contribution in [0.3, 0.4) is 0 Å². The second-order valence-electron chi connectivity index (χ2n) is 7.62. The number of ether oxygens (including phenoxy) is 1. The van der Waals surface area contributed by atoms with Gasteiger partial charge in [-0.1, -0.05) is 6.92 Å². The summed E-state index contributed by atoms with van der Waals surface area (Å²) < 4.78 is 53.5. The molecule has 1 aliphatic rings. The summed E-state index contributed by atoms with van der Waals surface area (Å²) in [6.45, 7) is 3.38. The maximum absolute atomic E-state index is 14.9. The Kier molecular flexibility index (Phi) is 5.29. The number of fused-ring (bicyclic) bond motifs is 1. The largest absolute Gasteiger partial charge is 0.496 e. The van der Waals surface area contributed by atoms with Gasteiger partial charge in [-0.2, -0.15) is 5.10 Å². The minimum absolute atomic E-state index is 0.0286. The van der Waals surface area contributed by atoms with Crippen molar-refractivity contribution in [2.24, 2.45) is 10.7 Å². The van der Waals surface area contributed by atoms with E-state index in [9.17, 15) is 12.8 Å². The van der Waals surface area contributed by atoms with Crippen LogP contribution in [0.5, 0.6) is 5.75 Å². The van der Waals surface area contributed by atoms with E-state index in [2.05, 4.69) is 20.5 Å². The quantitative estimate of drug-likeness (QED) is 0.520. The summed E-state index contributed by atoms with van der Waals surface area (Å²) in [5, 5.41) is 10.7. The van der Waals surface area contributed by atoms with E-state index >= 15 is 0 Å². The number of sulfone groups is 1. The third-order valence-electron chi connectivity index (χ3n) is 5.59. The van der Waals surface area contributed by atoms with E-state index in [1.54, 1.807) is 13.1 Å². The summed E-state index contributed by atoms with van der Waals surface area (Å²) in [5.41, 5.74) is 8.86. The number of halogens is 1. The Morgan fingerprint density at radius 3 is 2.79 bits per heavy atom. The van der Waals surface area contributed by atoms with Crippen LogP contribution in [0, 0.1) is 6.92 Å². The summed E-state index contributed by atoms with van der Waals surface area (Å²) in [7, 11) is -0.681. The number of aromatic nitrogens is 2. The van der Waals surface area contributed by atoms with E-state index in [4.69, 9.17) is 11.8 Å². The molecule has 2 aromatic carbocycles. The van der Waals surface area contributed by atoms with E-state index in [0.717, 1.165) is 22.8 Å². The van der Waals surface area contributed by atoms with Crippen molar-refractivity contribution in [3.8, 4) is 5.75 Å². The van der Waals surface area contributed by atoms with Crippen LogP contribution >= 0.6 is 0 Å². The Balaban J connectivity index is 1.84. The molecule has 1 atom stereocenters. The predicted molar refractivity (Wildman–Crippen MR) is 126 cm³/mol. The Labute approximate surface area is 192 Å². The molecular formula is C22H25FN6O3S. The first-order valence-corrected chi connectivity index (χ1v) is 11.8. The van der Waals surface area contributed by atoms with Crippen molar-refractivity contribution < 1.29 is 18.9 Å². The zero-order valence-corrected chi connectivity index (χ0v) is 19.4. The van der Waals surface area contributed by atoms with Gasteiger partial charge in [-0.05, 0) is 43.3 Å². The number of aryl methyl sites for hydroxylation is 1. The molecule has 2 heterocycles. The fourth-order valence-corrected chi connectivity index (χ4v) is 4.47. The molecule has 1 aliphatic heterocycles. The van der Waals surface area contributed by atoms with E-state index in [1.165, 1.54) is 31.1 Å². The molecule has 1 unspecified atom stereocenters. The van der Waals surface area contributed by atoms with Gasteiger partial charge in [0.1, 0.15) is 5.75 Å². The molecule has 4 rings (SSSR count). The number of benzene rings is 2. The van der Waals surface area contributed by atoms with Gasteiger partial charge >= 0.3 is 0 Å². The predicted octanol–water partition coefficient (Wildman–Crippen LogP) is 2.69. The van der Waals surface area contributed by atoms with Gasteiger partial charge in [0, 0.05) is 24.3 Å². The van der Waals surface area contributed by atoms with Crippen LogP contribution in [-0.4, -0.2) is 44.4 Å². The standard InChI is InChI=1S/C22H25FN6O3S/c1-5-33(30,31)15-7-9-20(32-4)17(11-15)22(24)25-12-18(23)21(26-22)29(3)14-6-8-16-13(2)27-28-19(16)10-14/h6-12,25H,5,24H2,1-4H3,(H,27,28)/i9D. The maximum Gasteiger partial charge on any atom is 0.214 e.